The van der Waals surface area contributed by atoms with Crippen LogP contribution in [0.3, 0.4) is 0 Å². The van der Waals surface area contributed by atoms with Gasteiger partial charge in [-0.15, -0.1) is 0 Å². The number of hydrogen-bond acceptors (Lipinski definition) is 5. The molecule has 1 aliphatic heterocycles. The molecular weight excluding hydrogens is 518 g/mol. The Morgan fingerprint density at radius 2 is 1.59 bits per heavy atom. The van der Waals surface area contributed by atoms with Crippen LogP contribution >= 0.6 is 15.9 Å². The third kappa shape index (κ3) is 4.85. The van der Waals surface area contributed by atoms with Crippen molar-refractivity contribution in [2.45, 2.75) is 25.0 Å². The maximum absolute atomic E-state index is 13.3. The molecule has 1 heterocycles. The van der Waals surface area contributed by atoms with Crippen molar-refractivity contribution in [1.82, 2.24) is 4.31 Å². The van der Waals surface area contributed by atoms with Gasteiger partial charge in [0.2, 0.25) is 15.8 Å². The first-order valence-electron chi connectivity index (χ1n) is 10.7. The molecule has 0 bridgehead atoms. The Morgan fingerprint density at radius 1 is 0.941 bits per heavy atom. The van der Waals surface area contributed by atoms with E-state index in [1.165, 1.54) is 4.31 Å². The largest absolute Gasteiger partial charge is 0.493 e. The molecule has 178 valence electrons. The van der Waals surface area contributed by atoms with Crippen molar-refractivity contribution in [1.29, 1.82) is 0 Å². The van der Waals surface area contributed by atoms with Crippen molar-refractivity contribution >= 4 is 31.5 Å². The minimum atomic E-state index is -3.65. The van der Waals surface area contributed by atoms with Crippen LogP contribution in [0.15, 0.2) is 76.1 Å². The van der Waals surface area contributed by atoms with Crippen molar-refractivity contribution in [3.05, 3.63) is 87.9 Å². The molecule has 0 amide bonds. The van der Waals surface area contributed by atoms with Gasteiger partial charge in [-0.2, -0.15) is 4.31 Å². The van der Waals surface area contributed by atoms with Crippen molar-refractivity contribution in [2.75, 3.05) is 20.8 Å². The zero-order valence-corrected chi connectivity index (χ0v) is 21.6. The first kappa shape index (κ1) is 24.3. The van der Waals surface area contributed by atoms with Crippen LogP contribution in [-0.2, 0) is 23.2 Å². The van der Waals surface area contributed by atoms with Crippen LogP contribution in [0.25, 0.3) is 5.57 Å². The highest BCUT2D eigenvalue weighted by Gasteiger charge is 2.27. The SMILES string of the molecule is COc1cccc(OC)c1OCc1cccc2c1C(C)=CCN(S(=O)(=O)c1ccc(Br)cc1)C2. The standard InChI is InChI=1S/C26H26BrNO5S/c1-18-14-15-28(34(29,30)22-12-10-21(27)11-13-22)16-19-6-4-7-20(25(18)19)17-33-26-23(31-2)8-5-9-24(26)32-3/h4-14H,15-17H2,1-3H3. The van der Waals surface area contributed by atoms with E-state index in [1.807, 2.05) is 49.4 Å². The molecule has 34 heavy (non-hydrogen) atoms. The molecule has 0 radical (unpaired) electrons. The Balaban J connectivity index is 1.65. The van der Waals surface area contributed by atoms with Crippen molar-refractivity contribution in [3.63, 3.8) is 0 Å². The normalized spacial score (nSPS) is 14.1. The van der Waals surface area contributed by atoms with Crippen LogP contribution in [0.2, 0.25) is 0 Å². The van der Waals surface area contributed by atoms with E-state index >= 15 is 0 Å². The van der Waals surface area contributed by atoms with Crippen LogP contribution in [0, 0.1) is 0 Å². The van der Waals surface area contributed by atoms with Crippen molar-refractivity contribution in [3.8, 4) is 17.2 Å². The molecule has 4 rings (SSSR count). The highest BCUT2D eigenvalue weighted by Crippen LogP contribution is 2.38. The Bertz CT molecular complexity index is 1300. The molecule has 3 aromatic carbocycles. The number of halogens is 1. The summed E-state index contributed by atoms with van der Waals surface area (Å²) in [7, 11) is -0.477. The first-order chi connectivity index (χ1) is 16.3. The van der Waals surface area contributed by atoms with Gasteiger partial charge in [-0.3, -0.25) is 0 Å². The molecule has 8 heteroatoms. The Labute approximate surface area is 208 Å². The number of hydrogen-bond donors (Lipinski definition) is 0. The molecule has 0 aromatic heterocycles. The number of fused-ring (bicyclic) bond motifs is 1. The van der Waals surface area contributed by atoms with Gasteiger partial charge in [0.1, 0.15) is 6.61 Å². The average Bonchev–Trinajstić information content (AvgIpc) is 3.02. The number of methoxy groups -OCH3 is 2. The molecule has 0 unspecified atom stereocenters. The Kier molecular flexibility index (Phi) is 7.30. The van der Waals surface area contributed by atoms with Crippen LogP contribution in [0.5, 0.6) is 17.2 Å². The summed E-state index contributed by atoms with van der Waals surface area (Å²) in [5.41, 5.74) is 3.90. The average molecular weight is 544 g/mol. The van der Waals surface area contributed by atoms with E-state index in [9.17, 15) is 8.42 Å². The smallest absolute Gasteiger partial charge is 0.243 e. The van der Waals surface area contributed by atoms with Gasteiger partial charge in [0, 0.05) is 17.6 Å². The van der Waals surface area contributed by atoms with Gasteiger partial charge in [-0.05, 0) is 65.6 Å². The highest BCUT2D eigenvalue weighted by atomic mass is 79.9. The maximum atomic E-state index is 13.3. The van der Waals surface area contributed by atoms with E-state index in [4.69, 9.17) is 14.2 Å². The monoisotopic (exact) mass is 543 g/mol. The lowest BCUT2D eigenvalue weighted by molar-refractivity contribution is 0.265. The molecule has 0 fully saturated rings. The fourth-order valence-electron chi connectivity index (χ4n) is 4.06. The van der Waals surface area contributed by atoms with Crippen molar-refractivity contribution in [2.24, 2.45) is 0 Å². The quantitative estimate of drug-likeness (QED) is 0.385. The lowest BCUT2D eigenvalue weighted by Gasteiger charge is -2.21. The van der Waals surface area contributed by atoms with E-state index in [0.29, 0.717) is 23.8 Å². The van der Waals surface area contributed by atoms with Gasteiger partial charge in [-0.1, -0.05) is 46.3 Å². The molecule has 0 N–H and O–H groups in total. The predicted octanol–water partition coefficient (Wildman–Crippen LogP) is 5.65. The molecule has 0 spiro atoms. The number of benzene rings is 3. The first-order valence-corrected chi connectivity index (χ1v) is 13.0. The van der Waals surface area contributed by atoms with E-state index < -0.39 is 10.0 Å². The summed E-state index contributed by atoms with van der Waals surface area (Å²) in [5, 5.41) is 0. The minimum Gasteiger partial charge on any atom is -0.493 e. The molecular formula is C26H26BrNO5S. The molecule has 0 saturated carbocycles. The van der Waals surface area contributed by atoms with Crippen LogP contribution < -0.4 is 14.2 Å². The lowest BCUT2D eigenvalue weighted by Crippen LogP contribution is -2.30. The van der Waals surface area contributed by atoms with Gasteiger partial charge in [0.15, 0.2) is 11.5 Å². The second kappa shape index (κ2) is 10.2. The predicted molar refractivity (Wildman–Crippen MR) is 136 cm³/mol. The summed E-state index contributed by atoms with van der Waals surface area (Å²) in [6.07, 6.45) is 1.95. The molecule has 0 saturated heterocycles. The lowest BCUT2D eigenvalue weighted by atomic mass is 9.96. The third-order valence-corrected chi connectivity index (χ3v) is 8.14. The van der Waals surface area contributed by atoms with Gasteiger partial charge in [0.05, 0.1) is 19.1 Å². The van der Waals surface area contributed by atoms with E-state index in [2.05, 4.69) is 15.9 Å². The Hall–Kier alpha value is -2.81. The highest BCUT2D eigenvalue weighted by molar-refractivity contribution is 9.10. The summed E-state index contributed by atoms with van der Waals surface area (Å²) < 4.78 is 46.0. The third-order valence-electron chi connectivity index (χ3n) is 5.79. The number of sulfonamides is 1. The maximum Gasteiger partial charge on any atom is 0.243 e. The molecule has 3 aromatic rings. The van der Waals surface area contributed by atoms with Crippen LogP contribution in [0.1, 0.15) is 23.6 Å². The number of ether oxygens (including phenoxy) is 3. The van der Waals surface area contributed by atoms with E-state index in [1.54, 1.807) is 38.5 Å². The second-order valence-corrected chi connectivity index (χ2v) is 10.7. The summed E-state index contributed by atoms with van der Waals surface area (Å²) in [4.78, 5) is 0.271. The number of nitrogens with zero attached hydrogens (tertiary/aromatic N) is 1. The summed E-state index contributed by atoms with van der Waals surface area (Å²) in [6.45, 7) is 2.85. The summed E-state index contributed by atoms with van der Waals surface area (Å²) in [6, 6.07) is 18.1. The van der Waals surface area contributed by atoms with Gasteiger partial charge >= 0.3 is 0 Å². The summed E-state index contributed by atoms with van der Waals surface area (Å²) in [5.74, 6) is 1.70. The summed E-state index contributed by atoms with van der Waals surface area (Å²) >= 11 is 3.36. The van der Waals surface area contributed by atoms with Gasteiger partial charge in [-0.25, -0.2) is 8.42 Å². The molecule has 0 atom stereocenters. The molecule has 0 aliphatic carbocycles. The van der Waals surface area contributed by atoms with E-state index in [-0.39, 0.29) is 18.0 Å². The number of rotatable bonds is 7. The Morgan fingerprint density at radius 3 is 2.24 bits per heavy atom. The molecule has 1 aliphatic rings. The van der Waals surface area contributed by atoms with Gasteiger partial charge in [0.25, 0.3) is 0 Å². The van der Waals surface area contributed by atoms with Crippen molar-refractivity contribution < 1.29 is 22.6 Å². The van der Waals surface area contributed by atoms with E-state index in [0.717, 1.165) is 26.7 Å². The second-order valence-electron chi connectivity index (χ2n) is 7.87. The van der Waals surface area contributed by atoms with Crippen LogP contribution in [0.4, 0.5) is 0 Å². The van der Waals surface area contributed by atoms with Gasteiger partial charge < -0.3 is 14.2 Å². The molecule has 6 nitrogen and oxygen atoms in total. The zero-order valence-electron chi connectivity index (χ0n) is 19.2. The number of para-hydroxylation sites is 1. The van der Waals surface area contributed by atoms with Crippen LogP contribution in [-0.4, -0.2) is 33.5 Å². The minimum absolute atomic E-state index is 0.271. The fraction of sp³-hybridized carbons (Fsp3) is 0.231. The number of allylic oxidation sites excluding steroid dienone is 1. The zero-order chi connectivity index (χ0) is 24.3. The topological polar surface area (TPSA) is 65.1 Å². The fourth-order valence-corrected chi connectivity index (χ4v) is 5.68.